The van der Waals surface area contributed by atoms with Gasteiger partial charge in [0.05, 0.1) is 6.61 Å². The van der Waals surface area contributed by atoms with E-state index in [2.05, 4.69) is 16.3 Å². The minimum Gasteiger partial charge on any atom is -0.493 e. The second kappa shape index (κ2) is 3.83. The smallest absolute Gasteiger partial charge is 0.276 e. The van der Waals surface area contributed by atoms with Crippen LogP contribution in [0.1, 0.15) is 5.56 Å². The van der Waals surface area contributed by atoms with Gasteiger partial charge in [0.1, 0.15) is 5.75 Å². The number of benzene rings is 1. The Labute approximate surface area is 97.0 Å². The van der Waals surface area contributed by atoms with Gasteiger partial charge in [0.25, 0.3) is 5.22 Å². The van der Waals surface area contributed by atoms with Crippen LogP contribution in [0, 0.1) is 0 Å². The first-order valence-corrected chi connectivity index (χ1v) is 6.23. The first-order valence-electron chi connectivity index (χ1n) is 5.00. The minimum atomic E-state index is 0.569. The summed E-state index contributed by atoms with van der Waals surface area (Å²) in [7, 11) is 0. The van der Waals surface area contributed by atoms with E-state index in [0.717, 1.165) is 24.3 Å². The van der Waals surface area contributed by atoms with Gasteiger partial charge in [-0.25, -0.2) is 0 Å². The molecule has 1 aliphatic heterocycles. The zero-order valence-corrected chi connectivity index (χ0v) is 9.58. The predicted octanol–water partition coefficient (Wildman–Crippen LogP) is 2.39. The molecule has 0 amide bonds. The van der Waals surface area contributed by atoms with Crippen LogP contribution >= 0.6 is 11.8 Å². The highest BCUT2D eigenvalue weighted by atomic mass is 32.2. The van der Waals surface area contributed by atoms with E-state index < -0.39 is 0 Å². The van der Waals surface area contributed by atoms with Gasteiger partial charge in [-0.3, -0.25) is 0 Å². The van der Waals surface area contributed by atoms with Crippen LogP contribution in [0.25, 0.3) is 11.5 Å². The van der Waals surface area contributed by atoms with Crippen molar-refractivity contribution < 1.29 is 9.15 Å². The fraction of sp³-hybridized carbons (Fsp3) is 0.273. The number of hydrogen-bond acceptors (Lipinski definition) is 5. The molecule has 0 atom stereocenters. The molecule has 0 N–H and O–H groups in total. The molecular formula is C11H10N2O2S. The number of fused-ring (bicyclic) bond motifs is 1. The van der Waals surface area contributed by atoms with Crippen molar-refractivity contribution >= 4 is 11.8 Å². The fourth-order valence-electron chi connectivity index (χ4n) is 1.73. The lowest BCUT2D eigenvalue weighted by Crippen LogP contribution is -1.85. The van der Waals surface area contributed by atoms with E-state index in [1.807, 2.05) is 18.4 Å². The average molecular weight is 234 g/mol. The van der Waals surface area contributed by atoms with Crippen molar-refractivity contribution in [1.82, 2.24) is 10.2 Å². The fourth-order valence-corrected chi connectivity index (χ4v) is 2.01. The first kappa shape index (κ1) is 9.72. The van der Waals surface area contributed by atoms with Gasteiger partial charge in [-0.2, -0.15) is 0 Å². The van der Waals surface area contributed by atoms with Crippen LogP contribution in [0.4, 0.5) is 0 Å². The SMILES string of the molecule is CSc1nnc(-c2ccc3c(c2)CCO3)o1. The Bertz CT molecular complexity index is 524. The summed E-state index contributed by atoms with van der Waals surface area (Å²) >= 11 is 1.44. The molecule has 0 aliphatic carbocycles. The van der Waals surface area contributed by atoms with Crippen LogP contribution in [-0.2, 0) is 6.42 Å². The Morgan fingerprint density at radius 2 is 2.25 bits per heavy atom. The maximum Gasteiger partial charge on any atom is 0.276 e. The highest BCUT2D eigenvalue weighted by Gasteiger charge is 2.15. The molecule has 5 heteroatoms. The number of hydrogen-bond donors (Lipinski definition) is 0. The molecule has 0 fully saturated rings. The third kappa shape index (κ3) is 1.57. The topological polar surface area (TPSA) is 48.2 Å². The number of nitrogens with zero attached hydrogens (tertiary/aromatic N) is 2. The van der Waals surface area contributed by atoms with Crippen molar-refractivity contribution in [2.24, 2.45) is 0 Å². The zero-order valence-electron chi connectivity index (χ0n) is 8.77. The molecule has 0 radical (unpaired) electrons. The minimum absolute atomic E-state index is 0.569. The van der Waals surface area contributed by atoms with Gasteiger partial charge in [-0.1, -0.05) is 11.8 Å². The molecule has 1 aromatic heterocycles. The molecule has 4 nitrogen and oxygen atoms in total. The van der Waals surface area contributed by atoms with Crippen LogP contribution in [-0.4, -0.2) is 23.1 Å². The van der Waals surface area contributed by atoms with E-state index in [1.165, 1.54) is 17.3 Å². The summed E-state index contributed by atoms with van der Waals surface area (Å²) in [4.78, 5) is 0. The standard InChI is InChI=1S/C11H10N2O2S/c1-16-11-13-12-10(15-11)8-2-3-9-7(6-8)4-5-14-9/h2-3,6H,4-5H2,1H3. The van der Waals surface area contributed by atoms with Gasteiger partial charge in [0.15, 0.2) is 0 Å². The third-order valence-electron chi connectivity index (χ3n) is 2.52. The molecule has 2 heterocycles. The molecule has 2 aromatic rings. The highest BCUT2D eigenvalue weighted by Crippen LogP contribution is 2.30. The second-order valence-electron chi connectivity index (χ2n) is 3.50. The summed E-state index contributed by atoms with van der Waals surface area (Å²) in [5.74, 6) is 1.53. The molecule has 0 saturated carbocycles. The Balaban J connectivity index is 2.00. The molecule has 0 bridgehead atoms. The average Bonchev–Trinajstić information content (AvgIpc) is 2.96. The first-order chi connectivity index (χ1) is 7.86. The Morgan fingerprint density at radius 3 is 3.06 bits per heavy atom. The third-order valence-corrected chi connectivity index (χ3v) is 3.03. The van der Waals surface area contributed by atoms with Crippen molar-refractivity contribution in [3.63, 3.8) is 0 Å². The molecule has 1 aromatic carbocycles. The van der Waals surface area contributed by atoms with Crippen LogP contribution in [0.2, 0.25) is 0 Å². The molecule has 16 heavy (non-hydrogen) atoms. The van der Waals surface area contributed by atoms with Crippen molar-refractivity contribution in [2.75, 3.05) is 12.9 Å². The van der Waals surface area contributed by atoms with Gasteiger partial charge in [-0.15, -0.1) is 10.2 Å². The Kier molecular flexibility index (Phi) is 2.32. The molecule has 0 unspecified atom stereocenters. The van der Waals surface area contributed by atoms with Crippen LogP contribution in [0.3, 0.4) is 0 Å². The molecule has 82 valence electrons. The monoisotopic (exact) mass is 234 g/mol. The molecule has 0 saturated heterocycles. The van der Waals surface area contributed by atoms with Gasteiger partial charge < -0.3 is 9.15 Å². The van der Waals surface area contributed by atoms with Crippen molar-refractivity contribution in [1.29, 1.82) is 0 Å². The zero-order chi connectivity index (χ0) is 11.0. The summed E-state index contributed by atoms with van der Waals surface area (Å²) in [6, 6.07) is 5.96. The van der Waals surface area contributed by atoms with Crippen LogP contribution in [0.15, 0.2) is 27.8 Å². The maximum atomic E-state index is 5.48. The Hall–Kier alpha value is -1.49. The lowest BCUT2D eigenvalue weighted by molar-refractivity contribution is 0.357. The van der Waals surface area contributed by atoms with E-state index in [0.29, 0.717) is 11.1 Å². The van der Waals surface area contributed by atoms with Gasteiger partial charge in [0.2, 0.25) is 5.89 Å². The lowest BCUT2D eigenvalue weighted by atomic mass is 10.1. The van der Waals surface area contributed by atoms with Gasteiger partial charge >= 0.3 is 0 Å². The van der Waals surface area contributed by atoms with Gasteiger partial charge in [-0.05, 0) is 30.0 Å². The molecular weight excluding hydrogens is 224 g/mol. The maximum absolute atomic E-state index is 5.48. The largest absolute Gasteiger partial charge is 0.493 e. The van der Waals surface area contributed by atoms with E-state index in [-0.39, 0.29) is 0 Å². The summed E-state index contributed by atoms with van der Waals surface area (Å²) in [5.41, 5.74) is 2.17. The highest BCUT2D eigenvalue weighted by molar-refractivity contribution is 7.98. The normalized spacial score (nSPS) is 13.6. The van der Waals surface area contributed by atoms with Crippen LogP contribution < -0.4 is 4.74 Å². The summed E-state index contributed by atoms with van der Waals surface area (Å²) in [6.07, 6.45) is 2.86. The summed E-state index contributed by atoms with van der Waals surface area (Å²) < 4.78 is 10.9. The summed E-state index contributed by atoms with van der Waals surface area (Å²) in [6.45, 7) is 0.763. The van der Waals surface area contributed by atoms with E-state index in [9.17, 15) is 0 Å². The number of aromatic nitrogens is 2. The second-order valence-corrected chi connectivity index (χ2v) is 4.26. The molecule has 0 spiro atoms. The Morgan fingerprint density at radius 1 is 1.31 bits per heavy atom. The molecule has 3 rings (SSSR count). The van der Waals surface area contributed by atoms with Crippen LogP contribution in [0.5, 0.6) is 5.75 Å². The van der Waals surface area contributed by atoms with E-state index in [4.69, 9.17) is 9.15 Å². The molecule has 1 aliphatic rings. The predicted molar refractivity (Wildman–Crippen MR) is 60.7 cm³/mol. The van der Waals surface area contributed by atoms with E-state index >= 15 is 0 Å². The van der Waals surface area contributed by atoms with Crippen molar-refractivity contribution in [3.05, 3.63) is 23.8 Å². The van der Waals surface area contributed by atoms with Crippen molar-refractivity contribution in [3.8, 4) is 17.2 Å². The van der Waals surface area contributed by atoms with E-state index in [1.54, 1.807) is 0 Å². The summed E-state index contributed by atoms with van der Waals surface area (Å²) in [5, 5.41) is 8.51. The van der Waals surface area contributed by atoms with Crippen molar-refractivity contribution in [2.45, 2.75) is 11.6 Å². The quantitative estimate of drug-likeness (QED) is 0.747. The van der Waals surface area contributed by atoms with Gasteiger partial charge in [0, 0.05) is 12.0 Å². The lowest BCUT2D eigenvalue weighted by Gasteiger charge is -1.99. The number of rotatable bonds is 2. The number of ether oxygens (including phenoxy) is 1. The number of thioether (sulfide) groups is 1.